The van der Waals surface area contributed by atoms with Crippen molar-refractivity contribution in [1.82, 2.24) is 19.2 Å². The van der Waals surface area contributed by atoms with Gasteiger partial charge in [-0.15, -0.1) is 0 Å². The highest BCUT2D eigenvalue weighted by atomic mass is 32.2. The number of hydrogen-bond acceptors (Lipinski definition) is 6. The fourth-order valence-corrected chi connectivity index (χ4v) is 4.59. The summed E-state index contributed by atoms with van der Waals surface area (Å²) in [6, 6.07) is 0.728. The summed E-state index contributed by atoms with van der Waals surface area (Å²) >= 11 is 0. The molecular formula is C15H25N5O2S. The monoisotopic (exact) mass is 339 g/mol. The summed E-state index contributed by atoms with van der Waals surface area (Å²) in [5, 5.41) is 3.04. The van der Waals surface area contributed by atoms with Gasteiger partial charge >= 0.3 is 0 Å². The number of anilines is 1. The van der Waals surface area contributed by atoms with Gasteiger partial charge in [-0.25, -0.2) is 17.7 Å². The van der Waals surface area contributed by atoms with Crippen LogP contribution in [0.3, 0.4) is 0 Å². The van der Waals surface area contributed by atoms with Gasteiger partial charge in [-0.1, -0.05) is 0 Å². The lowest BCUT2D eigenvalue weighted by Crippen LogP contribution is -2.46. The van der Waals surface area contributed by atoms with Crippen LogP contribution in [0, 0.1) is 0 Å². The van der Waals surface area contributed by atoms with Gasteiger partial charge in [0.25, 0.3) is 0 Å². The Balaban J connectivity index is 1.70. The van der Waals surface area contributed by atoms with Crippen molar-refractivity contribution in [2.75, 3.05) is 38.3 Å². The predicted molar refractivity (Wildman–Crippen MR) is 89.7 cm³/mol. The lowest BCUT2D eigenvalue weighted by atomic mass is 10.0. The Labute approximate surface area is 138 Å². The average Bonchev–Trinajstić information content (AvgIpc) is 3.04. The van der Waals surface area contributed by atoms with Gasteiger partial charge in [-0.05, 0) is 32.2 Å². The van der Waals surface area contributed by atoms with Crippen molar-refractivity contribution in [2.45, 2.75) is 37.8 Å². The van der Waals surface area contributed by atoms with Crippen LogP contribution in [-0.4, -0.2) is 66.6 Å². The lowest BCUT2D eigenvalue weighted by Gasteiger charge is -2.38. The summed E-state index contributed by atoms with van der Waals surface area (Å²) in [6.45, 7) is 2.30. The number of hydrogen-bond donors (Lipinski definition) is 1. The SMILES string of the molecule is CNc1cncc([C@H]2CCCN2C2CCN(S(C)(=O)=O)CC2)n1. The van der Waals surface area contributed by atoms with E-state index in [2.05, 4.69) is 20.2 Å². The number of piperidine rings is 1. The van der Waals surface area contributed by atoms with E-state index in [9.17, 15) is 8.42 Å². The smallest absolute Gasteiger partial charge is 0.211 e. The van der Waals surface area contributed by atoms with Crippen LogP contribution in [0.25, 0.3) is 0 Å². The first-order valence-corrected chi connectivity index (χ1v) is 10.0. The van der Waals surface area contributed by atoms with Gasteiger partial charge in [-0.2, -0.15) is 0 Å². The van der Waals surface area contributed by atoms with Crippen molar-refractivity contribution in [3.05, 3.63) is 18.1 Å². The molecule has 3 rings (SSSR count). The highest BCUT2D eigenvalue weighted by Crippen LogP contribution is 2.35. The molecule has 0 radical (unpaired) electrons. The zero-order valence-corrected chi connectivity index (χ0v) is 14.6. The Morgan fingerprint density at radius 1 is 1.17 bits per heavy atom. The summed E-state index contributed by atoms with van der Waals surface area (Å²) < 4.78 is 24.9. The molecule has 0 bridgehead atoms. The number of likely N-dealkylation sites (tertiary alicyclic amines) is 1. The van der Waals surface area contributed by atoms with Crippen LogP contribution in [0.15, 0.2) is 12.4 Å². The van der Waals surface area contributed by atoms with Gasteiger partial charge in [0.15, 0.2) is 0 Å². The van der Waals surface area contributed by atoms with E-state index >= 15 is 0 Å². The number of nitrogens with zero attached hydrogens (tertiary/aromatic N) is 4. The van der Waals surface area contributed by atoms with Crippen LogP contribution in [0.2, 0.25) is 0 Å². The molecule has 2 aliphatic heterocycles. The van der Waals surface area contributed by atoms with Gasteiger partial charge in [0.1, 0.15) is 5.82 Å². The van der Waals surface area contributed by atoms with E-state index < -0.39 is 10.0 Å². The van der Waals surface area contributed by atoms with Crippen LogP contribution < -0.4 is 5.32 Å². The van der Waals surface area contributed by atoms with Crippen molar-refractivity contribution in [2.24, 2.45) is 0 Å². The maximum absolute atomic E-state index is 11.7. The molecule has 0 saturated carbocycles. The van der Waals surface area contributed by atoms with Crippen molar-refractivity contribution in [3.63, 3.8) is 0 Å². The van der Waals surface area contributed by atoms with Gasteiger partial charge < -0.3 is 5.32 Å². The molecule has 23 heavy (non-hydrogen) atoms. The molecule has 128 valence electrons. The van der Waals surface area contributed by atoms with Crippen molar-refractivity contribution in [1.29, 1.82) is 0 Å². The minimum absolute atomic E-state index is 0.297. The first kappa shape index (κ1) is 16.6. The van der Waals surface area contributed by atoms with Crippen LogP contribution >= 0.6 is 0 Å². The molecule has 2 fully saturated rings. The minimum atomic E-state index is -3.06. The van der Waals surface area contributed by atoms with Crippen LogP contribution in [0.1, 0.15) is 37.4 Å². The third-order valence-electron chi connectivity index (χ3n) is 4.91. The molecule has 1 N–H and O–H groups in total. The number of sulfonamides is 1. The molecular weight excluding hydrogens is 314 g/mol. The van der Waals surface area contributed by atoms with Gasteiger partial charge in [0.2, 0.25) is 10.0 Å². The Kier molecular flexibility index (Phi) is 4.84. The summed E-state index contributed by atoms with van der Waals surface area (Å²) in [6.07, 6.45) is 8.91. The van der Waals surface area contributed by atoms with E-state index in [0.717, 1.165) is 43.7 Å². The van der Waals surface area contributed by atoms with Gasteiger partial charge in [0, 0.05) is 26.2 Å². The molecule has 0 aliphatic carbocycles. The number of rotatable bonds is 4. The van der Waals surface area contributed by atoms with Crippen molar-refractivity contribution < 1.29 is 8.42 Å². The summed E-state index contributed by atoms with van der Waals surface area (Å²) in [5.41, 5.74) is 1.01. The first-order chi connectivity index (χ1) is 11.0. The molecule has 3 heterocycles. The minimum Gasteiger partial charge on any atom is -0.372 e. The highest BCUT2D eigenvalue weighted by Gasteiger charge is 2.35. The van der Waals surface area contributed by atoms with Gasteiger partial charge in [0.05, 0.1) is 30.4 Å². The van der Waals surface area contributed by atoms with Crippen LogP contribution in [0.4, 0.5) is 5.82 Å². The standard InChI is InChI=1S/C15H25N5O2S/c1-16-15-11-17-10-13(18-15)14-4-3-7-20(14)12-5-8-19(9-6-12)23(2,21)22/h10-12,14H,3-9H2,1-2H3,(H,16,18)/t14-/m1/s1. The fraction of sp³-hybridized carbons (Fsp3) is 0.733. The first-order valence-electron chi connectivity index (χ1n) is 8.19. The summed E-state index contributed by atoms with van der Waals surface area (Å²) in [5.74, 6) is 0.793. The Hall–Kier alpha value is -1.25. The van der Waals surface area contributed by atoms with E-state index in [1.54, 1.807) is 10.5 Å². The zero-order valence-electron chi connectivity index (χ0n) is 13.8. The Morgan fingerprint density at radius 3 is 2.57 bits per heavy atom. The normalized spacial score (nSPS) is 24.9. The molecule has 7 nitrogen and oxygen atoms in total. The predicted octanol–water partition coefficient (Wildman–Crippen LogP) is 1.08. The number of nitrogens with one attached hydrogen (secondary N) is 1. The second-order valence-electron chi connectivity index (χ2n) is 6.37. The largest absolute Gasteiger partial charge is 0.372 e. The van der Waals surface area contributed by atoms with Crippen molar-refractivity contribution >= 4 is 15.8 Å². The van der Waals surface area contributed by atoms with Crippen LogP contribution in [0.5, 0.6) is 0 Å². The molecule has 2 saturated heterocycles. The Bertz CT molecular complexity index is 643. The maximum atomic E-state index is 11.7. The molecule has 2 aliphatic rings. The van der Waals surface area contributed by atoms with E-state index in [-0.39, 0.29) is 0 Å². The second-order valence-corrected chi connectivity index (χ2v) is 8.35. The quantitative estimate of drug-likeness (QED) is 0.884. The molecule has 0 unspecified atom stereocenters. The van der Waals surface area contributed by atoms with Crippen molar-refractivity contribution in [3.8, 4) is 0 Å². The summed E-state index contributed by atoms with van der Waals surface area (Å²) in [4.78, 5) is 11.4. The highest BCUT2D eigenvalue weighted by molar-refractivity contribution is 7.88. The molecule has 1 aromatic heterocycles. The van der Waals surface area contributed by atoms with Crippen LogP contribution in [-0.2, 0) is 10.0 Å². The van der Waals surface area contributed by atoms with E-state index in [4.69, 9.17) is 0 Å². The average molecular weight is 339 g/mol. The second kappa shape index (κ2) is 6.70. The topological polar surface area (TPSA) is 78.4 Å². The molecule has 0 spiro atoms. The third-order valence-corrected chi connectivity index (χ3v) is 6.21. The molecule has 0 amide bonds. The number of aromatic nitrogens is 2. The van der Waals surface area contributed by atoms with Gasteiger partial charge in [-0.3, -0.25) is 9.88 Å². The zero-order chi connectivity index (χ0) is 16.4. The van der Waals surface area contributed by atoms with E-state index in [1.807, 2.05) is 13.2 Å². The molecule has 8 heteroatoms. The van der Waals surface area contributed by atoms with E-state index in [1.165, 1.54) is 6.26 Å². The lowest BCUT2D eigenvalue weighted by molar-refractivity contribution is 0.125. The molecule has 0 aromatic carbocycles. The Morgan fingerprint density at radius 2 is 1.91 bits per heavy atom. The maximum Gasteiger partial charge on any atom is 0.211 e. The fourth-order valence-electron chi connectivity index (χ4n) is 3.71. The molecule has 1 atom stereocenters. The summed E-state index contributed by atoms with van der Waals surface area (Å²) in [7, 11) is -1.21. The third kappa shape index (κ3) is 3.64. The van der Waals surface area contributed by atoms with E-state index in [0.29, 0.717) is 25.2 Å². The molecule has 1 aromatic rings.